The number of hydrogen-bond acceptors (Lipinski definition) is 6. The summed E-state index contributed by atoms with van der Waals surface area (Å²) in [4.78, 5) is 19.9. The molecule has 1 aromatic heterocycles. The minimum absolute atomic E-state index is 0.198. The van der Waals surface area contributed by atoms with Crippen molar-refractivity contribution in [3.8, 4) is 23.0 Å². The summed E-state index contributed by atoms with van der Waals surface area (Å²) in [5.74, 6) is 0.447. The summed E-state index contributed by atoms with van der Waals surface area (Å²) < 4.78 is 10.4. The molecular formula is C23H27N3O4. The van der Waals surface area contributed by atoms with Crippen LogP contribution in [-0.4, -0.2) is 41.8 Å². The first-order valence-corrected chi connectivity index (χ1v) is 9.72. The molecule has 3 aromatic rings. The maximum atomic E-state index is 11.2. The summed E-state index contributed by atoms with van der Waals surface area (Å²) in [6.07, 6.45) is 0.806. The molecule has 0 unspecified atom stereocenters. The van der Waals surface area contributed by atoms with E-state index in [-0.39, 0.29) is 11.6 Å². The van der Waals surface area contributed by atoms with E-state index in [4.69, 9.17) is 9.47 Å². The summed E-state index contributed by atoms with van der Waals surface area (Å²) in [7, 11) is 3.14. The number of nitrogens with zero attached hydrogens (tertiary/aromatic N) is 2. The molecule has 0 amide bonds. The number of aromatic nitrogens is 2. The minimum atomic E-state index is -0.985. The highest BCUT2D eigenvalue weighted by Gasteiger charge is 2.10. The molecule has 0 saturated heterocycles. The Bertz CT molecular complexity index is 959. The van der Waals surface area contributed by atoms with Gasteiger partial charge in [0.1, 0.15) is 11.6 Å². The van der Waals surface area contributed by atoms with Crippen LogP contribution in [-0.2, 0) is 6.42 Å². The van der Waals surface area contributed by atoms with Crippen LogP contribution < -0.4 is 14.8 Å². The Morgan fingerprint density at radius 3 is 2.37 bits per heavy atom. The summed E-state index contributed by atoms with van der Waals surface area (Å²) in [6.45, 7) is 4.67. The molecular weight excluding hydrogens is 382 g/mol. The van der Waals surface area contributed by atoms with E-state index in [1.54, 1.807) is 31.4 Å². The first-order chi connectivity index (χ1) is 14.6. The lowest BCUT2D eigenvalue weighted by atomic mass is 10.1. The fraction of sp³-hybridized carbons (Fsp3) is 0.261. The van der Waals surface area contributed by atoms with Gasteiger partial charge in [0.15, 0.2) is 0 Å². The Hall–Kier alpha value is -3.61. The summed E-state index contributed by atoms with van der Waals surface area (Å²) in [5.41, 5.74) is 2.63. The maximum absolute atomic E-state index is 11.2. The van der Waals surface area contributed by atoms with E-state index < -0.39 is 5.97 Å². The van der Waals surface area contributed by atoms with E-state index in [2.05, 4.69) is 15.3 Å². The van der Waals surface area contributed by atoms with Crippen molar-refractivity contribution in [2.45, 2.75) is 20.3 Å². The third-order valence-electron chi connectivity index (χ3n) is 4.17. The molecule has 0 saturated carbocycles. The highest BCUT2D eigenvalue weighted by Crippen LogP contribution is 2.23. The van der Waals surface area contributed by atoms with Gasteiger partial charge in [0.25, 0.3) is 0 Å². The van der Waals surface area contributed by atoms with Crippen LogP contribution in [0, 0.1) is 0 Å². The van der Waals surface area contributed by atoms with Crippen molar-refractivity contribution in [3.63, 3.8) is 0 Å². The van der Waals surface area contributed by atoms with Gasteiger partial charge in [-0.2, -0.15) is 9.97 Å². The molecule has 0 bridgehead atoms. The number of methoxy groups -OCH3 is 2. The Morgan fingerprint density at radius 2 is 1.73 bits per heavy atom. The van der Waals surface area contributed by atoms with Crippen LogP contribution in [0.25, 0.3) is 11.3 Å². The molecule has 0 spiro atoms. The number of aromatic carboxylic acids is 1. The van der Waals surface area contributed by atoms with Crippen molar-refractivity contribution in [2.75, 3.05) is 26.1 Å². The molecule has 0 aliphatic carbocycles. The molecule has 0 radical (unpaired) electrons. The molecule has 7 nitrogen and oxygen atoms in total. The van der Waals surface area contributed by atoms with Crippen LogP contribution in [0.3, 0.4) is 0 Å². The number of carboxylic acid groups (broad SMARTS) is 1. The van der Waals surface area contributed by atoms with Crippen molar-refractivity contribution in [2.24, 2.45) is 0 Å². The Morgan fingerprint density at radius 1 is 1.00 bits per heavy atom. The number of anilines is 1. The molecule has 158 valence electrons. The molecule has 0 aliphatic heterocycles. The van der Waals surface area contributed by atoms with Gasteiger partial charge in [-0.1, -0.05) is 38.1 Å². The van der Waals surface area contributed by atoms with Gasteiger partial charge >= 0.3 is 12.0 Å². The lowest BCUT2D eigenvalue weighted by molar-refractivity contribution is 0.0697. The normalized spacial score (nSPS) is 9.87. The number of ether oxygens (including phenoxy) is 2. The number of rotatable bonds is 8. The van der Waals surface area contributed by atoms with Crippen LogP contribution in [0.15, 0.2) is 54.6 Å². The van der Waals surface area contributed by atoms with E-state index in [0.717, 1.165) is 12.2 Å². The highest BCUT2D eigenvalue weighted by atomic mass is 16.5. The quantitative estimate of drug-likeness (QED) is 0.564. The van der Waals surface area contributed by atoms with Crippen molar-refractivity contribution in [1.82, 2.24) is 9.97 Å². The largest absolute Gasteiger partial charge is 0.497 e. The molecule has 2 N–H and O–H groups in total. The average molecular weight is 409 g/mol. The molecule has 0 atom stereocenters. The topological polar surface area (TPSA) is 93.6 Å². The number of carboxylic acids is 1. The predicted octanol–water partition coefficient (Wildman–Crippen LogP) is 4.54. The molecule has 30 heavy (non-hydrogen) atoms. The minimum Gasteiger partial charge on any atom is -0.497 e. The molecule has 0 aliphatic rings. The first kappa shape index (κ1) is 22.7. The third kappa shape index (κ3) is 6.20. The van der Waals surface area contributed by atoms with Gasteiger partial charge < -0.3 is 19.9 Å². The van der Waals surface area contributed by atoms with Gasteiger partial charge in [0, 0.05) is 18.2 Å². The van der Waals surface area contributed by atoms with Gasteiger partial charge in [-0.05, 0) is 36.2 Å². The van der Waals surface area contributed by atoms with Crippen molar-refractivity contribution in [1.29, 1.82) is 0 Å². The van der Waals surface area contributed by atoms with Crippen LogP contribution >= 0.6 is 0 Å². The highest BCUT2D eigenvalue weighted by molar-refractivity contribution is 5.89. The first-order valence-electron chi connectivity index (χ1n) is 9.72. The monoisotopic (exact) mass is 409 g/mol. The van der Waals surface area contributed by atoms with Gasteiger partial charge in [0.05, 0.1) is 25.5 Å². The van der Waals surface area contributed by atoms with E-state index in [1.807, 2.05) is 38.1 Å². The molecule has 0 fully saturated rings. The maximum Gasteiger partial charge on any atom is 0.335 e. The van der Waals surface area contributed by atoms with E-state index in [0.29, 0.717) is 23.6 Å². The van der Waals surface area contributed by atoms with E-state index in [9.17, 15) is 9.90 Å². The van der Waals surface area contributed by atoms with Crippen molar-refractivity contribution < 1.29 is 19.4 Å². The zero-order valence-electron chi connectivity index (χ0n) is 17.7. The second kappa shape index (κ2) is 11.4. The summed E-state index contributed by atoms with van der Waals surface area (Å²) in [6, 6.07) is 16.5. The zero-order valence-corrected chi connectivity index (χ0v) is 17.7. The summed E-state index contributed by atoms with van der Waals surface area (Å²) >= 11 is 0. The van der Waals surface area contributed by atoms with Crippen LogP contribution in [0.2, 0.25) is 0 Å². The fourth-order valence-electron chi connectivity index (χ4n) is 2.69. The molecule has 7 heteroatoms. The Kier molecular flexibility index (Phi) is 8.62. The number of benzene rings is 2. The number of nitrogens with one attached hydrogen (secondary N) is 1. The van der Waals surface area contributed by atoms with Crippen molar-refractivity contribution >= 4 is 11.8 Å². The average Bonchev–Trinajstić information content (AvgIpc) is 2.80. The standard InChI is InChI=1S/C21H21N3O4.C2H6/c1-27-17-8-6-14(7-9-17)10-11-22-19-13-18(23-21(24-19)28-2)15-4-3-5-16(12-15)20(25)26;1-2/h3-9,12-13H,10-11H2,1-2H3,(H,25,26)(H,22,23,24);1-2H3. The number of hydrogen-bond donors (Lipinski definition) is 2. The third-order valence-corrected chi connectivity index (χ3v) is 4.17. The smallest absolute Gasteiger partial charge is 0.335 e. The molecule has 3 rings (SSSR count). The van der Waals surface area contributed by atoms with Crippen molar-refractivity contribution in [3.05, 3.63) is 65.7 Å². The van der Waals surface area contributed by atoms with E-state index >= 15 is 0 Å². The SMILES string of the molecule is CC.COc1ccc(CCNc2cc(-c3cccc(C(=O)O)c3)nc(OC)n2)cc1. The fourth-order valence-corrected chi connectivity index (χ4v) is 2.69. The lowest BCUT2D eigenvalue weighted by Gasteiger charge is -2.10. The number of carbonyl (C=O) groups is 1. The van der Waals surface area contributed by atoms with Gasteiger partial charge in [0.2, 0.25) is 0 Å². The Labute approximate surface area is 176 Å². The van der Waals surface area contributed by atoms with E-state index in [1.165, 1.54) is 18.7 Å². The second-order valence-electron chi connectivity index (χ2n) is 6.04. The zero-order chi connectivity index (χ0) is 21.9. The lowest BCUT2D eigenvalue weighted by Crippen LogP contribution is -2.08. The molecule has 2 aromatic carbocycles. The second-order valence-corrected chi connectivity index (χ2v) is 6.04. The van der Waals surface area contributed by atoms with Crippen LogP contribution in [0.5, 0.6) is 11.8 Å². The van der Waals surface area contributed by atoms with Crippen LogP contribution in [0.1, 0.15) is 29.8 Å². The van der Waals surface area contributed by atoms with Crippen LogP contribution in [0.4, 0.5) is 5.82 Å². The van der Waals surface area contributed by atoms with Gasteiger partial charge in [-0.3, -0.25) is 0 Å². The Balaban J connectivity index is 0.00000155. The van der Waals surface area contributed by atoms with Gasteiger partial charge in [-0.15, -0.1) is 0 Å². The van der Waals surface area contributed by atoms with Gasteiger partial charge in [-0.25, -0.2) is 4.79 Å². The summed E-state index contributed by atoms with van der Waals surface area (Å²) in [5, 5.41) is 12.5. The predicted molar refractivity (Wildman–Crippen MR) is 118 cm³/mol. The molecule has 1 heterocycles.